The van der Waals surface area contributed by atoms with Crippen molar-refractivity contribution in [3.8, 4) is 5.75 Å². The normalized spacial score (nSPS) is 10.2. The maximum absolute atomic E-state index is 10.8. The van der Waals surface area contributed by atoms with Crippen molar-refractivity contribution in [2.75, 3.05) is 7.11 Å². The second-order valence-electron chi connectivity index (χ2n) is 3.52. The lowest BCUT2D eigenvalue weighted by Gasteiger charge is -2.05. The van der Waals surface area contributed by atoms with E-state index in [9.17, 15) is 4.79 Å². The highest BCUT2D eigenvalue weighted by atomic mass is 79.9. The summed E-state index contributed by atoms with van der Waals surface area (Å²) in [5.41, 5.74) is 1.08. The summed E-state index contributed by atoms with van der Waals surface area (Å²) in [6.45, 7) is 0.608. The highest BCUT2D eigenvalue weighted by Gasteiger charge is 2.05. The van der Waals surface area contributed by atoms with Crippen LogP contribution in [0.5, 0.6) is 5.75 Å². The number of ether oxygens (including phenoxy) is 1. The minimum Gasteiger partial charge on any atom is -0.497 e. The number of carbonyl (C=O) groups is 1. The molecule has 0 saturated heterocycles. The van der Waals surface area contributed by atoms with Gasteiger partial charge in [0.1, 0.15) is 10.4 Å². The fourth-order valence-electron chi connectivity index (χ4n) is 1.55. The van der Waals surface area contributed by atoms with E-state index < -0.39 is 0 Å². The van der Waals surface area contributed by atoms with E-state index in [1.165, 1.54) is 0 Å². The average molecular weight is 295 g/mol. The van der Waals surface area contributed by atoms with Crippen LogP contribution in [0, 0.1) is 0 Å². The van der Waals surface area contributed by atoms with Gasteiger partial charge in [0, 0.05) is 12.7 Å². The second-order valence-corrected chi connectivity index (χ2v) is 4.33. The van der Waals surface area contributed by atoms with Crippen LogP contribution in [0.1, 0.15) is 16.2 Å². The third-order valence-electron chi connectivity index (χ3n) is 2.40. The quantitative estimate of drug-likeness (QED) is 0.814. The van der Waals surface area contributed by atoms with Gasteiger partial charge in [0.05, 0.1) is 7.11 Å². The number of imidazole rings is 1. The standard InChI is InChI=1S/C12H11BrN2O2/c1-17-10-4-2-9(3-5-10)6-15-7-11(13)14-12(15)8-16/h2-5,7-8H,6H2,1H3. The number of aromatic nitrogens is 2. The van der Waals surface area contributed by atoms with Gasteiger partial charge in [-0.2, -0.15) is 0 Å². The van der Waals surface area contributed by atoms with E-state index in [4.69, 9.17) is 4.74 Å². The van der Waals surface area contributed by atoms with Crippen LogP contribution in [0.2, 0.25) is 0 Å². The van der Waals surface area contributed by atoms with Crippen LogP contribution in [0.4, 0.5) is 0 Å². The second kappa shape index (κ2) is 5.14. The molecule has 1 aromatic heterocycles. The average Bonchev–Trinajstić information content (AvgIpc) is 2.70. The lowest BCUT2D eigenvalue weighted by Crippen LogP contribution is -2.03. The summed E-state index contributed by atoms with van der Waals surface area (Å²) in [6, 6.07) is 7.70. The zero-order valence-corrected chi connectivity index (χ0v) is 10.8. The Hall–Kier alpha value is -1.62. The lowest BCUT2D eigenvalue weighted by atomic mass is 10.2. The van der Waals surface area contributed by atoms with Crippen LogP contribution in [-0.4, -0.2) is 22.9 Å². The summed E-state index contributed by atoms with van der Waals surface area (Å²) in [5, 5.41) is 0. The Labute approximate surface area is 107 Å². The number of benzene rings is 1. The first-order chi connectivity index (χ1) is 8.22. The molecule has 2 rings (SSSR count). The number of rotatable bonds is 4. The maximum Gasteiger partial charge on any atom is 0.185 e. The molecule has 0 aliphatic carbocycles. The molecule has 88 valence electrons. The summed E-state index contributed by atoms with van der Waals surface area (Å²) in [5.74, 6) is 1.23. The molecule has 1 aromatic carbocycles. The monoisotopic (exact) mass is 294 g/mol. The number of hydrogen-bond acceptors (Lipinski definition) is 3. The number of halogens is 1. The molecule has 0 saturated carbocycles. The van der Waals surface area contributed by atoms with Gasteiger partial charge in [0.15, 0.2) is 12.1 Å². The SMILES string of the molecule is COc1ccc(Cn2cc(Br)nc2C=O)cc1. The van der Waals surface area contributed by atoms with Crippen molar-refractivity contribution >= 4 is 22.2 Å². The van der Waals surface area contributed by atoms with E-state index in [-0.39, 0.29) is 0 Å². The largest absolute Gasteiger partial charge is 0.497 e. The third kappa shape index (κ3) is 2.74. The summed E-state index contributed by atoms with van der Waals surface area (Å²) in [4.78, 5) is 14.9. The van der Waals surface area contributed by atoms with Gasteiger partial charge >= 0.3 is 0 Å². The molecule has 17 heavy (non-hydrogen) atoms. The molecule has 0 bridgehead atoms. The van der Waals surface area contributed by atoms with Crippen molar-refractivity contribution in [1.82, 2.24) is 9.55 Å². The smallest absolute Gasteiger partial charge is 0.185 e. The molecule has 0 aliphatic heterocycles. The Morgan fingerprint density at radius 3 is 2.71 bits per heavy atom. The van der Waals surface area contributed by atoms with Gasteiger partial charge in [-0.1, -0.05) is 12.1 Å². The summed E-state index contributed by atoms with van der Waals surface area (Å²) < 4.78 is 7.54. The van der Waals surface area contributed by atoms with Gasteiger partial charge in [0.2, 0.25) is 0 Å². The number of nitrogens with zero attached hydrogens (tertiary/aromatic N) is 2. The van der Waals surface area contributed by atoms with Crippen molar-refractivity contribution < 1.29 is 9.53 Å². The molecule has 0 N–H and O–H groups in total. The minimum atomic E-state index is 0.410. The molecular formula is C12H11BrN2O2. The van der Waals surface area contributed by atoms with Gasteiger partial charge in [0.25, 0.3) is 0 Å². The van der Waals surface area contributed by atoms with Gasteiger partial charge < -0.3 is 9.30 Å². The molecule has 0 fully saturated rings. The van der Waals surface area contributed by atoms with E-state index >= 15 is 0 Å². The number of carbonyl (C=O) groups excluding carboxylic acids is 1. The van der Waals surface area contributed by atoms with E-state index in [2.05, 4.69) is 20.9 Å². The molecule has 0 spiro atoms. The summed E-state index contributed by atoms with van der Waals surface area (Å²) in [7, 11) is 1.63. The van der Waals surface area contributed by atoms with Crippen molar-refractivity contribution in [2.45, 2.75) is 6.54 Å². The molecule has 1 heterocycles. The van der Waals surface area contributed by atoms with Crippen LogP contribution in [0.25, 0.3) is 0 Å². The van der Waals surface area contributed by atoms with Crippen molar-refractivity contribution in [2.24, 2.45) is 0 Å². The van der Waals surface area contributed by atoms with Crippen LogP contribution < -0.4 is 4.74 Å². The summed E-state index contributed by atoms with van der Waals surface area (Å²) in [6.07, 6.45) is 2.53. The fourth-order valence-corrected chi connectivity index (χ4v) is 1.97. The Bertz CT molecular complexity index is 520. The van der Waals surface area contributed by atoms with Gasteiger partial charge in [-0.3, -0.25) is 4.79 Å². The molecular weight excluding hydrogens is 284 g/mol. The van der Waals surface area contributed by atoms with Gasteiger partial charge in [-0.15, -0.1) is 0 Å². The van der Waals surface area contributed by atoms with E-state index in [1.807, 2.05) is 24.3 Å². The minimum absolute atomic E-state index is 0.410. The van der Waals surface area contributed by atoms with Crippen LogP contribution in [0.15, 0.2) is 35.1 Å². The summed E-state index contributed by atoms with van der Waals surface area (Å²) >= 11 is 3.25. The van der Waals surface area contributed by atoms with Gasteiger partial charge in [-0.05, 0) is 33.6 Å². The molecule has 5 heteroatoms. The number of aldehydes is 1. The Kier molecular flexibility index (Phi) is 3.58. The Morgan fingerprint density at radius 1 is 1.41 bits per heavy atom. The Balaban J connectivity index is 2.21. The molecule has 0 atom stereocenters. The molecule has 2 aromatic rings. The molecule has 0 radical (unpaired) electrons. The van der Waals surface area contributed by atoms with Crippen LogP contribution >= 0.6 is 15.9 Å². The first-order valence-corrected chi connectivity index (χ1v) is 5.83. The van der Waals surface area contributed by atoms with Gasteiger partial charge in [-0.25, -0.2) is 4.98 Å². The fraction of sp³-hybridized carbons (Fsp3) is 0.167. The lowest BCUT2D eigenvalue weighted by molar-refractivity contribution is 0.111. The first kappa shape index (κ1) is 11.9. The Morgan fingerprint density at radius 2 is 2.12 bits per heavy atom. The van der Waals surface area contributed by atoms with E-state index in [0.717, 1.165) is 17.6 Å². The first-order valence-electron chi connectivity index (χ1n) is 5.03. The van der Waals surface area contributed by atoms with Crippen LogP contribution in [0.3, 0.4) is 0 Å². The van der Waals surface area contributed by atoms with E-state index in [1.54, 1.807) is 17.9 Å². The predicted octanol–water partition coefficient (Wildman–Crippen LogP) is 2.52. The zero-order valence-electron chi connectivity index (χ0n) is 9.26. The van der Waals surface area contributed by atoms with Crippen molar-refractivity contribution in [3.63, 3.8) is 0 Å². The van der Waals surface area contributed by atoms with Crippen LogP contribution in [-0.2, 0) is 6.54 Å². The molecule has 4 nitrogen and oxygen atoms in total. The molecule has 0 unspecified atom stereocenters. The number of hydrogen-bond donors (Lipinski definition) is 0. The number of methoxy groups -OCH3 is 1. The van der Waals surface area contributed by atoms with Crippen molar-refractivity contribution in [3.05, 3.63) is 46.5 Å². The third-order valence-corrected chi connectivity index (χ3v) is 2.78. The maximum atomic E-state index is 10.8. The molecule has 0 amide bonds. The highest BCUT2D eigenvalue weighted by Crippen LogP contribution is 2.14. The van der Waals surface area contributed by atoms with Crippen molar-refractivity contribution in [1.29, 1.82) is 0 Å². The topological polar surface area (TPSA) is 44.1 Å². The zero-order chi connectivity index (χ0) is 12.3. The highest BCUT2D eigenvalue weighted by molar-refractivity contribution is 9.10. The predicted molar refractivity (Wildman–Crippen MR) is 67.4 cm³/mol. The van der Waals surface area contributed by atoms with E-state index in [0.29, 0.717) is 17.0 Å². The molecule has 0 aliphatic rings.